The molecule has 1 unspecified atom stereocenters. The van der Waals surface area contributed by atoms with E-state index in [4.69, 9.17) is 5.11 Å². The molecule has 1 fully saturated rings. The van der Waals surface area contributed by atoms with Crippen molar-refractivity contribution >= 4 is 17.2 Å². The van der Waals surface area contributed by atoms with E-state index in [1.54, 1.807) is 0 Å². The predicted octanol–water partition coefficient (Wildman–Crippen LogP) is 1.08. The maximum Gasteiger partial charge on any atom is 0.261 e. The Morgan fingerprint density at radius 2 is 2.45 bits per heavy atom. The van der Waals surface area contributed by atoms with Gasteiger partial charge in [0, 0.05) is 13.1 Å². The van der Waals surface area contributed by atoms with E-state index in [0.29, 0.717) is 10.8 Å². The second kappa shape index (κ2) is 6.89. The molecule has 0 saturated carbocycles. The van der Waals surface area contributed by atoms with E-state index in [-0.39, 0.29) is 12.5 Å². The van der Waals surface area contributed by atoms with Gasteiger partial charge in [-0.1, -0.05) is 11.8 Å². The van der Waals surface area contributed by atoms with Gasteiger partial charge < -0.3 is 15.3 Å². The molecule has 0 radical (unpaired) electrons. The zero-order chi connectivity index (χ0) is 14.5. The summed E-state index contributed by atoms with van der Waals surface area (Å²) in [6.07, 6.45) is 1.15. The highest BCUT2D eigenvalue weighted by Crippen LogP contribution is 2.21. The van der Waals surface area contributed by atoms with Gasteiger partial charge in [0.25, 0.3) is 5.91 Å². The lowest BCUT2D eigenvalue weighted by Crippen LogP contribution is -2.29. The number of likely N-dealkylation sites (tertiary alicyclic amines) is 1. The van der Waals surface area contributed by atoms with Gasteiger partial charge in [0.1, 0.15) is 6.61 Å². The summed E-state index contributed by atoms with van der Waals surface area (Å²) in [4.78, 5) is 15.9. The van der Waals surface area contributed by atoms with Crippen LogP contribution in [0.2, 0.25) is 0 Å². The molecule has 0 aromatic carbocycles. The summed E-state index contributed by atoms with van der Waals surface area (Å²) in [5.41, 5.74) is 0.988. The van der Waals surface area contributed by atoms with Crippen molar-refractivity contribution in [1.29, 1.82) is 0 Å². The molecule has 1 atom stereocenters. The number of nitrogens with zero attached hydrogens (tertiary/aromatic N) is 1. The number of hydrogen-bond acceptors (Lipinski definition) is 4. The number of aliphatic hydroxyl groups is 1. The Kier molecular flexibility index (Phi) is 5.18. The van der Waals surface area contributed by atoms with E-state index < -0.39 is 0 Å². The Morgan fingerprint density at radius 3 is 3.10 bits per heavy atom. The van der Waals surface area contributed by atoms with Gasteiger partial charge in [-0.25, -0.2) is 0 Å². The Bertz CT molecular complexity index is 542. The second-order valence-electron chi connectivity index (χ2n) is 5.21. The van der Waals surface area contributed by atoms with Crippen molar-refractivity contribution in [2.24, 2.45) is 5.92 Å². The standard InChI is InChI=1S/C15H20N2O2S/c1-11-8-14(20-13(11)4-3-7-18)15(19)16-9-12-5-6-17(2)10-12/h8,12,18H,5-7,9-10H2,1-2H3,(H,16,19). The molecule has 1 aliphatic heterocycles. The van der Waals surface area contributed by atoms with Crippen molar-refractivity contribution in [2.45, 2.75) is 13.3 Å². The third kappa shape index (κ3) is 3.83. The molecule has 108 valence electrons. The molecule has 2 N–H and O–H groups in total. The number of rotatable bonds is 3. The van der Waals surface area contributed by atoms with Crippen LogP contribution in [0.15, 0.2) is 6.07 Å². The molecule has 1 aromatic heterocycles. The predicted molar refractivity (Wildman–Crippen MR) is 81.0 cm³/mol. The smallest absolute Gasteiger partial charge is 0.261 e. The van der Waals surface area contributed by atoms with Crippen molar-refractivity contribution in [1.82, 2.24) is 10.2 Å². The second-order valence-corrected chi connectivity index (χ2v) is 6.26. The van der Waals surface area contributed by atoms with Gasteiger partial charge in [0.2, 0.25) is 0 Å². The van der Waals surface area contributed by atoms with Crippen LogP contribution < -0.4 is 5.32 Å². The van der Waals surface area contributed by atoms with Crippen molar-refractivity contribution in [3.8, 4) is 11.8 Å². The minimum absolute atomic E-state index is 0.0234. The third-order valence-electron chi connectivity index (χ3n) is 3.46. The number of carbonyl (C=O) groups is 1. The maximum atomic E-state index is 12.1. The summed E-state index contributed by atoms with van der Waals surface area (Å²) in [7, 11) is 2.11. The van der Waals surface area contributed by atoms with Crippen LogP contribution in [0.1, 0.15) is 26.5 Å². The zero-order valence-corrected chi connectivity index (χ0v) is 12.7. The summed E-state index contributed by atoms with van der Waals surface area (Å²) in [5, 5.41) is 11.7. The number of aryl methyl sites for hydroxylation is 1. The van der Waals surface area contributed by atoms with Gasteiger partial charge in [-0.15, -0.1) is 11.3 Å². The fourth-order valence-corrected chi connectivity index (χ4v) is 3.32. The van der Waals surface area contributed by atoms with E-state index in [2.05, 4.69) is 29.1 Å². The lowest BCUT2D eigenvalue weighted by atomic mass is 10.1. The van der Waals surface area contributed by atoms with Crippen LogP contribution in [0.3, 0.4) is 0 Å². The fraction of sp³-hybridized carbons (Fsp3) is 0.533. The van der Waals surface area contributed by atoms with Crippen LogP contribution in [0, 0.1) is 24.7 Å². The number of hydrogen-bond donors (Lipinski definition) is 2. The quantitative estimate of drug-likeness (QED) is 0.820. The molecule has 0 aliphatic carbocycles. The van der Waals surface area contributed by atoms with E-state index in [1.807, 2.05) is 13.0 Å². The maximum absolute atomic E-state index is 12.1. The Labute approximate surface area is 123 Å². The minimum Gasteiger partial charge on any atom is -0.384 e. The normalized spacial score (nSPS) is 18.6. The van der Waals surface area contributed by atoms with Gasteiger partial charge in [-0.3, -0.25) is 4.79 Å². The molecule has 2 rings (SSSR count). The highest BCUT2D eigenvalue weighted by Gasteiger charge is 2.20. The van der Waals surface area contributed by atoms with Crippen LogP contribution in [0.25, 0.3) is 0 Å². The fourth-order valence-electron chi connectivity index (χ4n) is 2.35. The first kappa shape index (κ1) is 15.0. The lowest BCUT2D eigenvalue weighted by molar-refractivity contribution is 0.0951. The summed E-state index contributed by atoms with van der Waals surface area (Å²) >= 11 is 1.38. The zero-order valence-electron chi connectivity index (χ0n) is 11.9. The molecule has 2 heterocycles. The van der Waals surface area contributed by atoms with Gasteiger partial charge >= 0.3 is 0 Å². The van der Waals surface area contributed by atoms with Crippen LogP contribution in [0.5, 0.6) is 0 Å². The van der Waals surface area contributed by atoms with Gasteiger partial charge in [0.15, 0.2) is 0 Å². The van der Waals surface area contributed by atoms with Crippen LogP contribution in [0.4, 0.5) is 0 Å². The molecular formula is C15H20N2O2S. The minimum atomic E-state index is -0.159. The monoisotopic (exact) mass is 292 g/mol. The molecule has 5 heteroatoms. The van der Waals surface area contributed by atoms with Crippen molar-refractivity contribution < 1.29 is 9.90 Å². The van der Waals surface area contributed by atoms with Crippen molar-refractivity contribution in [3.05, 3.63) is 21.4 Å². The number of amides is 1. The van der Waals surface area contributed by atoms with Crippen LogP contribution in [-0.2, 0) is 0 Å². The molecule has 4 nitrogen and oxygen atoms in total. The number of thiophene rings is 1. The summed E-state index contributed by atoms with van der Waals surface area (Å²) in [5.74, 6) is 6.02. The highest BCUT2D eigenvalue weighted by atomic mass is 32.1. The number of carbonyl (C=O) groups excluding carboxylic acids is 1. The molecule has 1 aliphatic rings. The van der Waals surface area contributed by atoms with Crippen LogP contribution in [-0.4, -0.2) is 49.2 Å². The van der Waals surface area contributed by atoms with Gasteiger partial charge in [0.05, 0.1) is 9.75 Å². The molecule has 1 aromatic rings. The summed E-state index contributed by atoms with van der Waals surface area (Å²) in [6, 6.07) is 1.86. The SMILES string of the molecule is Cc1cc(C(=O)NCC2CCN(C)C2)sc1C#CCO. The van der Waals surface area contributed by atoms with E-state index in [0.717, 1.165) is 36.5 Å². The Balaban J connectivity index is 1.92. The van der Waals surface area contributed by atoms with Crippen molar-refractivity contribution in [3.63, 3.8) is 0 Å². The lowest BCUT2D eigenvalue weighted by Gasteiger charge is -2.10. The first-order valence-electron chi connectivity index (χ1n) is 6.77. The molecule has 0 spiro atoms. The van der Waals surface area contributed by atoms with Gasteiger partial charge in [-0.05, 0) is 44.5 Å². The van der Waals surface area contributed by atoms with E-state index in [9.17, 15) is 4.79 Å². The Morgan fingerprint density at radius 1 is 1.65 bits per heavy atom. The number of nitrogens with one attached hydrogen (secondary N) is 1. The molecule has 1 amide bonds. The average molecular weight is 292 g/mol. The van der Waals surface area contributed by atoms with E-state index >= 15 is 0 Å². The van der Waals surface area contributed by atoms with Gasteiger partial charge in [-0.2, -0.15) is 0 Å². The number of aliphatic hydroxyl groups excluding tert-OH is 1. The largest absolute Gasteiger partial charge is 0.384 e. The topological polar surface area (TPSA) is 52.6 Å². The first-order valence-corrected chi connectivity index (χ1v) is 7.58. The van der Waals surface area contributed by atoms with Crippen LogP contribution >= 0.6 is 11.3 Å². The average Bonchev–Trinajstić information content (AvgIpc) is 3.00. The molecular weight excluding hydrogens is 272 g/mol. The van der Waals surface area contributed by atoms with Crippen molar-refractivity contribution in [2.75, 3.05) is 33.3 Å². The molecule has 20 heavy (non-hydrogen) atoms. The highest BCUT2D eigenvalue weighted by molar-refractivity contribution is 7.14. The molecule has 1 saturated heterocycles. The third-order valence-corrected chi connectivity index (χ3v) is 4.61. The Hall–Kier alpha value is -1.35. The molecule has 0 bridgehead atoms. The summed E-state index contributed by atoms with van der Waals surface area (Å²) < 4.78 is 0. The van der Waals surface area contributed by atoms with E-state index in [1.165, 1.54) is 11.3 Å². The first-order chi connectivity index (χ1) is 9.60. The summed E-state index contributed by atoms with van der Waals surface area (Å²) in [6.45, 7) is 4.67.